The van der Waals surface area contributed by atoms with Crippen LogP contribution in [0.25, 0.3) is 0 Å². The lowest BCUT2D eigenvalue weighted by molar-refractivity contribution is -0.384. The summed E-state index contributed by atoms with van der Waals surface area (Å²) >= 11 is 3.33. The van der Waals surface area contributed by atoms with Gasteiger partial charge in [-0.3, -0.25) is 10.1 Å². The predicted octanol–water partition coefficient (Wildman–Crippen LogP) is 4.40. The number of nitro benzene ring substituents is 1. The number of anilines is 2. The van der Waals surface area contributed by atoms with Gasteiger partial charge in [0.15, 0.2) is 0 Å². The minimum atomic E-state index is -0.423. The summed E-state index contributed by atoms with van der Waals surface area (Å²) in [6.07, 6.45) is 0. The highest BCUT2D eigenvalue weighted by atomic mass is 79.9. The predicted molar refractivity (Wildman–Crippen MR) is 80.2 cm³/mol. The summed E-state index contributed by atoms with van der Waals surface area (Å²) < 4.78 is 12.9. The molecule has 0 fully saturated rings. The number of hydrogen-bond acceptors (Lipinski definition) is 3. The Morgan fingerprint density at radius 3 is 2.45 bits per heavy atom. The number of nitro groups is 1. The van der Waals surface area contributed by atoms with Crippen LogP contribution in [0.1, 0.15) is 5.56 Å². The van der Waals surface area contributed by atoms with E-state index in [9.17, 15) is 14.5 Å². The Balaban J connectivity index is 2.41. The number of non-ortho nitro benzene ring substituents is 1. The molecule has 0 spiro atoms. The molecule has 4 nitrogen and oxygen atoms in total. The quantitative estimate of drug-likeness (QED) is 0.471. The van der Waals surface area contributed by atoms with Crippen LogP contribution >= 0.6 is 15.9 Å². The summed E-state index contributed by atoms with van der Waals surface area (Å²) in [6.45, 7) is 0. The highest BCUT2D eigenvalue weighted by Gasteiger charge is 2.13. The zero-order valence-electron chi connectivity index (χ0n) is 10.7. The van der Waals surface area contributed by atoms with Gasteiger partial charge in [0.1, 0.15) is 5.82 Å². The first kappa shape index (κ1) is 14.5. The molecular weight excluding hydrogens is 327 g/mol. The molecule has 0 saturated heterocycles. The van der Waals surface area contributed by atoms with Crippen LogP contribution in [0.5, 0.6) is 0 Å². The van der Waals surface area contributed by atoms with Crippen LogP contribution in [-0.4, -0.2) is 12.0 Å². The second-order valence-corrected chi connectivity index (χ2v) is 4.80. The van der Waals surface area contributed by atoms with E-state index >= 15 is 0 Å². The number of halogens is 2. The molecule has 6 heteroatoms. The lowest BCUT2D eigenvalue weighted by atomic mass is 10.1. The zero-order chi connectivity index (χ0) is 14.7. The van der Waals surface area contributed by atoms with Crippen molar-refractivity contribution in [3.05, 3.63) is 64.0 Å². The number of hydrogen-bond donors (Lipinski definition) is 0. The first-order chi connectivity index (χ1) is 9.52. The minimum absolute atomic E-state index is 0.0516. The SMILES string of the molecule is CN(c1ccc(F)cc1)c1ccc([N+](=O)[O-])cc1CBr. The Kier molecular flexibility index (Phi) is 4.34. The van der Waals surface area contributed by atoms with Crippen molar-refractivity contribution in [2.45, 2.75) is 5.33 Å². The van der Waals surface area contributed by atoms with Crippen LogP contribution in [0.15, 0.2) is 42.5 Å². The first-order valence-electron chi connectivity index (χ1n) is 5.85. The van der Waals surface area contributed by atoms with Gasteiger partial charge in [0, 0.05) is 35.9 Å². The lowest BCUT2D eigenvalue weighted by Gasteiger charge is -2.22. The molecule has 0 heterocycles. The van der Waals surface area contributed by atoms with Gasteiger partial charge in [-0.15, -0.1) is 0 Å². The summed E-state index contributed by atoms with van der Waals surface area (Å²) in [5.41, 5.74) is 2.49. The van der Waals surface area contributed by atoms with Crippen LogP contribution in [0.2, 0.25) is 0 Å². The fourth-order valence-corrected chi connectivity index (χ4v) is 2.37. The van der Waals surface area contributed by atoms with E-state index in [-0.39, 0.29) is 11.5 Å². The van der Waals surface area contributed by atoms with Gasteiger partial charge < -0.3 is 4.90 Å². The highest BCUT2D eigenvalue weighted by molar-refractivity contribution is 9.08. The Morgan fingerprint density at radius 2 is 1.90 bits per heavy atom. The molecule has 0 amide bonds. The Labute approximate surface area is 124 Å². The van der Waals surface area contributed by atoms with Gasteiger partial charge in [-0.05, 0) is 35.9 Å². The molecule has 0 aliphatic heterocycles. The van der Waals surface area contributed by atoms with Crippen LogP contribution in [-0.2, 0) is 5.33 Å². The van der Waals surface area contributed by atoms with Crippen molar-refractivity contribution in [1.29, 1.82) is 0 Å². The fraction of sp³-hybridized carbons (Fsp3) is 0.143. The molecule has 0 bridgehead atoms. The normalized spacial score (nSPS) is 10.3. The number of nitrogens with zero attached hydrogens (tertiary/aromatic N) is 2. The summed E-state index contributed by atoms with van der Waals surface area (Å²) in [6, 6.07) is 10.8. The zero-order valence-corrected chi connectivity index (χ0v) is 12.3. The molecule has 0 unspecified atom stereocenters. The molecule has 0 atom stereocenters. The van der Waals surface area contributed by atoms with Crippen molar-refractivity contribution >= 4 is 33.0 Å². The Bertz CT molecular complexity index is 632. The van der Waals surface area contributed by atoms with Crippen molar-refractivity contribution in [1.82, 2.24) is 0 Å². The van der Waals surface area contributed by atoms with E-state index in [0.717, 1.165) is 16.9 Å². The van der Waals surface area contributed by atoms with Gasteiger partial charge in [-0.2, -0.15) is 0 Å². The highest BCUT2D eigenvalue weighted by Crippen LogP contribution is 2.31. The molecule has 0 aliphatic carbocycles. The Hall–Kier alpha value is -1.95. The van der Waals surface area contributed by atoms with Gasteiger partial charge in [0.05, 0.1) is 4.92 Å². The monoisotopic (exact) mass is 338 g/mol. The van der Waals surface area contributed by atoms with Gasteiger partial charge >= 0.3 is 0 Å². The van der Waals surface area contributed by atoms with E-state index in [1.165, 1.54) is 24.3 Å². The number of rotatable bonds is 4. The molecule has 0 saturated carbocycles. The maximum atomic E-state index is 12.9. The number of alkyl halides is 1. The standard InChI is InChI=1S/C14H12BrFN2O2/c1-17(12-4-2-11(16)3-5-12)14-7-6-13(18(19)20)8-10(14)9-15/h2-8H,9H2,1H3. The fourth-order valence-electron chi connectivity index (χ4n) is 1.92. The van der Waals surface area contributed by atoms with Crippen molar-refractivity contribution in [3.63, 3.8) is 0 Å². The summed E-state index contributed by atoms with van der Waals surface area (Å²) in [4.78, 5) is 12.2. The molecule has 2 aromatic carbocycles. The van der Waals surface area contributed by atoms with E-state index in [1.54, 1.807) is 18.2 Å². The molecule has 0 radical (unpaired) electrons. The summed E-state index contributed by atoms with van der Waals surface area (Å²) in [5, 5.41) is 11.3. The first-order valence-corrected chi connectivity index (χ1v) is 6.97. The average molecular weight is 339 g/mol. The average Bonchev–Trinajstić information content (AvgIpc) is 2.46. The minimum Gasteiger partial charge on any atom is -0.344 e. The van der Waals surface area contributed by atoms with Crippen LogP contribution in [0.4, 0.5) is 21.5 Å². The van der Waals surface area contributed by atoms with Gasteiger partial charge in [0.2, 0.25) is 0 Å². The summed E-state index contributed by atoms with van der Waals surface area (Å²) in [5.74, 6) is -0.299. The molecule has 104 valence electrons. The molecule has 0 aliphatic rings. The second-order valence-electron chi connectivity index (χ2n) is 4.24. The van der Waals surface area contributed by atoms with Gasteiger partial charge in [-0.25, -0.2) is 4.39 Å². The third-order valence-corrected chi connectivity index (χ3v) is 3.60. The number of benzene rings is 2. The molecule has 0 aromatic heterocycles. The van der Waals surface area contributed by atoms with E-state index in [2.05, 4.69) is 15.9 Å². The second kappa shape index (κ2) is 6.00. The van der Waals surface area contributed by atoms with Gasteiger partial charge in [-0.1, -0.05) is 15.9 Å². The van der Waals surface area contributed by atoms with Gasteiger partial charge in [0.25, 0.3) is 5.69 Å². The van der Waals surface area contributed by atoms with E-state index in [1.807, 2.05) is 11.9 Å². The third kappa shape index (κ3) is 2.96. The maximum Gasteiger partial charge on any atom is 0.269 e. The van der Waals surface area contributed by atoms with E-state index in [0.29, 0.717) is 5.33 Å². The molecule has 2 rings (SSSR count). The van der Waals surface area contributed by atoms with E-state index in [4.69, 9.17) is 0 Å². The largest absolute Gasteiger partial charge is 0.344 e. The van der Waals surface area contributed by atoms with E-state index < -0.39 is 4.92 Å². The maximum absolute atomic E-state index is 12.9. The third-order valence-electron chi connectivity index (χ3n) is 2.99. The van der Waals surface area contributed by atoms with Crippen LogP contribution in [0.3, 0.4) is 0 Å². The summed E-state index contributed by atoms with van der Waals surface area (Å²) in [7, 11) is 1.83. The molecular formula is C14H12BrFN2O2. The lowest BCUT2D eigenvalue weighted by Crippen LogP contribution is -2.11. The van der Waals surface area contributed by atoms with Crippen LogP contribution in [0, 0.1) is 15.9 Å². The molecule has 2 aromatic rings. The van der Waals surface area contributed by atoms with Crippen molar-refractivity contribution < 1.29 is 9.31 Å². The molecule has 0 N–H and O–H groups in total. The van der Waals surface area contributed by atoms with Crippen molar-refractivity contribution in [3.8, 4) is 0 Å². The smallest absolute Gasteiger partial charge is 0.269 e. The Morgan fingerprint density at radius 1 is 1.25 bits per heavy atom. The van der Waals surface area contributed by atoms with Crippen molar-refractivity contribution in [2.75, 3.05) is 11.9 Å². The molecule has 20 heavy (non-hydrogen) atoms. The van der Waals surface area contributed by atoms with Crippen LogP contribution < -0.4 is 4.90 Å². The van der Waals surface area contributed by atoms with Crippen molar-refractivity contribution in [2.24, 2.45) is 0 Å². The topological polar surface area (TPSA) is 46.4 Å².